The molecular formula is C25H41F3O2. The quantitative estimate of drug-likeness (QED) is 0.546. The molecule has 0 aromatic heterocycles. The summed E-state index contributed by atoms with van der Waals surface area (Å²) < 4.78 is 38.2. The molecule has 4 aliphatic carbocycles. The van der Waals surface area contributed by atoms with Crippen molar-refractivity contribution < 1.29 is 23.4 Å². The molecule has 174 valence electrons. The Morgan fingerprint density at radius 2 is 1.57 bits per heavy atom. The van der Waals surface area contributed by atoms with E-state index in [1.165, 1.54) is 32.1 Å². The van der Waals surface area contributed by atoms with Gasteiger partial charge in [0.15, 0.2) is 0 Å². The summed E-state index contributed by atoms with van der Waals surface area (Å²) in [4.78, 5) is 0. The van der Waals surface area contributed by atoms with Gasteiger partial charge in [-0.1, -0.05) is 20.8 Å². The van der Waals surface area contributed by atoms with E-state index in [4.69, 9.17) is 0 Å². The molecule has 0 aromatic carbocycles. The van der Waals surface area contributed by atoms with Gasteiger partial charge >= 0.3 is 6.18 Å². The number of fused-ring (bicyclic) bond motifs is 5. The molecule has 0 unspecified atom stereocenters. The molecule has 4 fully saturated rings. The molecule has 4 aliphatic rings. The Kier molecular flexibility index (Phi) is 6.05. The van der Waals surface area contributed by atoms with E-state index in [2.05, 4.69) is 20.8 Å². The number of aliphatic hydroxyl groups is 2. The lowest BCUT2D eigenvalue weighted by Crippen LogP contribution is -2.54. The maximum absolute atomic E-state index is 12.7. The number of aliphatic hydroxyl groups excluding tert-OH is 2. The predicted molar refractivity (Wildman–Crippen MR) is 112 cm³/mol. The zero-order chi connectivity index (χ0) is 21.9. The van der Waals surface area contributed by atoms with E-state index in [-0.39, 0.29) is 23.9 Å². The highest BCUT2D eigenvalue weighted by molar-refractivity contribution is 5.09. The number of hydrogen-bond acceptors (Lipinski definition) is 2. The minimum absolute atomic E-state index is 0.114. The van der Waals surface area contributed by atoms with E-state index in [1.54, 1.807) is 0 Å². The Hall–Kier alpha value is -0.290. The molecule has 2 N–H and O–H groups in total. The van der Waals surface area contributed by atoms with Crippen molar-refractivity contribution in [2.24, 2.45) is 46.3 Å². The maximum Gasteiger partial charge on any atom is 0.414 e. The Bertz CT molecular complexity index is 622. The molecule has 2 nitrogen and oxygen atoms in total. The topological polar surface area (TPSA) is 40.5 Å². The van der Waals surface area contributed by atoms with Crippen LogP contribution in [0.3, 0.4) is 0 Å². The van der Waals surface area contributed by atoms with Gasteiger partial charge in [-0.05, 0) is 117 Å². The van der Waals surface area contributed by atoms with Crippen molar-refractivity contribution in [3.05, 3.63) is 0 Å². The molecule has 0 radical (unpaired) electrons. The van der Waals surface area contributed by atoms with Crippen LogP contribution in [0.4, 0.5) is 13.2 Å². The second kappa shape index (κ2) is 7.93. The molecule has 4 saturated carbocycles. The standard InChI is InChI=1S/C25H41F3O2/c1-15(4-9-22(30)25(26,27)28)19-7-8-20-18-6-5-16-14-17(29)10-12-23(16,2)21(18)11-13-24(19,20)3/h15-22,29-30H,4-14H2,1-3H3/t15-,16-,17+,18+,19-,20+,21+,22+,23+,24-/m1/s1. The van der Waals surface area contributed by atoms with Crippen LogP contribution in [0.25, 0.3) is 0 Å². The van der Waals surface area contributed by atoms with Crippen molar-refractivity contribution >= 4 is 0 Å². The Labute approximate surface area is 180 Å². The van der Waals surface area contributed by atoms with Gasteiger partial charge in [0.2, 0.25) is 0 Å². The summed E-state index contributed by atoms with van der Waals surface area (Å²) in [5.41, 5.74) is 0.602. The monoisotopic (exact) mass is 430 g/mol. The van der Waals surface area contributed by atoms with Gasteiger partial charge in [-0.2, -0.15) is 13.2 Å². The fraction of sp³-hybridized carbons (Fsp3) is 1.00. The minimum atomic E-state index is -4.50. The fourth-order valence-corrected chi connectivity index (χ4v) is 9.00. The largest absolute Gasteiger partial charge is 0.414 e. The molecule has 30 heavy (non-hydrogen) atoms. The summed E-state index contributed by atoms with van der Waals surface area (Å²) in [6.45, 7) is 7.05. The van der Waals surface area contributed by atoms with Crippen molar-refractivity contribution in [2.75, 3.05) is 0 Å². The van der Waals surface area contributed by atoms with Crippen molar-refractivity contribution in [1.29, 1.82) is 0 Å². The fourth-order valence-electron chi connectivity index (χ4n) is 9.00. The average molecular weight is 431 g/mol. The lowest BCUT2D eigenvalue weighted by Gasteiger charge is -2.61. The Balaban J connectivity index is 1.45. The van der Waals surface area contributed by atoms with E-state index in [0.29, 0.717) is 29.6 Å². The molecule has 0 amide bonds. The van der Waals surface area contributed by atoms with Crippen LogP contribution in [-0.2, 0) is 0 Å². The normalized spacial score (nSPS) is 48.4. The third-order valence-electron chi connectivity index (χ3n) is 10.7. The summed E-state index contributed by atoms with van der Waals surface area (Å²) in [7, 11) is 0. The van der Waals surface area contributed by atoms with Gasteiger partial charge in [-0.15, -0.1) is 0 Å². The van der Waals surface area contributed by atoms with Gasteiger partial charge in [-0.25, -0.2) is 0 Å². The Morgan fingerprint density at radius 1 is 0.900 bits per heavy atom. The van der Waals surface area contributed by atoms with E-state index in [9.17, 15) is 23.4 Å². The van der Waals surface area contributed by atoms with Crippen molar-refractivity contribution in [3.8, 4) is 0 Å². The smallest absolute Gasteiger partial charge is 0.393 e. The molecule has 0 heterocycles. The first-order chi connectivity index (χ1) is 14.0. The molecule has 0 saturated heterocycles. The summed E-state index contributed by atoms with van der Waals surface area (Å²) >= 11 is 0. The Morgan fingerprint density at radius 3 is 2.27 bits per heavy atom. The lowest BCUT2D eigenvalue weighted by atomic mass is 9.44. The number of rotatable bonds is 4. The first-order valence-corrected chi connectivity index (χ1v) is 12.4. The average Bonchev–Trinajstić information content (AvgIpc) is 3.03. The number of alkyl halides is 3. The van der Waals surface area contributed by atoms with Crippen LogP contribution in [0.2, 0.25) is 0 Å². The van der Waals surface area contributed by atoms with E-state index >= 15 is 0 Å². The summed E-state index contributed by atoms with van der Waals surface area (Å²) in [6.07, 6.45) is 3.86. The first-order valence-electron chi connectivity index (χ1n) is 12.4. The second-order valence-electron chi connectivity index (χ2n) is 11.9. The number of halogens is 3. The third kappa shape index (κ3) is 3.74. The van der Waals surface area contributed by atoms with Crippen LogP contribution < -0.4 is 0 Å². The van der Waals surface area contributed by atoms with E-state index < -0.39 is 12.3 Å². The molecule has 0 bridgehead atoms. The van der Waals surface area contributed by atoms with Crippen LogP contribution >= 0.6 is 0 Å². The van der Waals surface area contributed by atoms with Crippen molar-refractivity contribution in [2.45, 2.75) is 110 Å². The van der Waals surface area contributed by atoms with Crippen LogP contribution in [0, 0.1) is 46.3 Å². The lowest BCUT2D eigenvalue weighted by molar-refractivity contribution is -0.206. The first kappa shape index (κ1) is 22.9. The highest BCUT2D eigenvalue weighted by Gasteiger charge is 2.60. The van der Waals surface area contributed by atoms with Gasteiger partial charge in [-0.3, -0.25) is 0 Å². The summed E-state index contributed by atoms with van der Waals surface area (Å²) in [5, 5.41) is 19.6. The van der Waals surface area contributed by atoms with E-state index in [0.717, 1.165) is 37.5 Å². The minimum Gasteiger partial charge on any atom is -0.393 e. The second-order valence-corrected chi connectivity index (χ2v) is 11.9. The van der Waals surface area contributed by atoms with Gasteiger partial charge in [0.25, 0.3) is 0 Å². The maximum atomic E-state index is 12.7. The van der Waals surface area contributed by atoms with Gasteiger partial charge < -0.3 is 10.2 Å². The molecular weight excluding hydrogens is 389 g/mol. The zero-order valence-electron chi connectivity index (χ0n) is 18.9. The van der Waals surface area contributed by atoms with Crippen LogP contribution in [0.5, 0.6) is 0 Å². The highest BCUT2D eigenvalue weighted by Crippen LogP contribution is 2.68. The summed E-state index contributed by atoms with van der Waals surface area (Å²) in [5.74, 6) is 3.56. The van der Waals surface area contributed by atoms with Crippen molar-refractivity contribution in [1.82, 2.24) is 0 Å². The van der Waals surface area contributed by atoms with E-state index in [1.807, 2.05) is 0 Å². The van der Waals surface area contributed by atoms with Crippen LogP contribution in [0.1, 0.15) is 91.4 Å². The van der Waals surface area contributed by atoms with Crippen LogP contribution in [0.15, 0.2) is 0 Å². The number of hydrogen-bond donors (Lipinski definition) is 2. The predicted octanol–water partition coefficient (Wildman–Crippen LogP) is 6.35. The molecule has 0 spiro atoms. The SMILES string of the molecule is C[C@H](CC[C@H](O)C(F)(F)F)[C@H]1CC[C@H]2[C@@H]3CC[C@@H]4C[C@@H](O)CC[C@]4(C)[C@H]3CC[C@]12C. The van der Waals surface area contributed by atoms with Gasteiger partial charge in [0.05, 0.1) is 6.10 Å². The van der Waals surface area contributed by atoms with Gasteiger partial charge in [0.1, 0.15) is 6.10 Å². The third-order valence-corrected chi connectivity index (χ3v) is 10.7. The van der Waals surface area contributed by atoms with Gasteiger partial charge in [0, 0.05) is 0 Å². The highest BCUT2D eigenvalue weighted by atomic mass is 19.4. The molecule has 4 rings (SSSR count). The molecule has 10 atom stereocenters. The summed E-state index contributed by atoms with van der Waals surface area (Å²) in [6, 6.07) is 0. The van der Waals surface area contributed by atoms with Crippen LogP contribution in [-0.4, -0.2) is 28.6 Å². The molecule has 0 aromatic rings. The molecule has 5 heteroatoms. The molecule has 0 aliphatic heterocycles. The zero-order valence-corrected chi connectivity index (χ0v) is 18.9. The van der Waals surface area contributed by atoms with Crippen molar-refractivity contribution in [3.63, 3.8) is 0 Å².